The van der Waals surface area contributed by atoms with Crippen molar-refractivity contribution >= 4 is 0 Å². The summed E-state index contributed by atoms with van der Waals surface area (Å²) in [4.78, 5) is 0. The Bertz CT molecular complexity index is 100.0. The van der Waals surface area contributed by atoms with Crippen LogP contribution in [0.5, 0.6) is 0 Å². The van der Waals surface area contributed by atoms with E-state index in [1.165, 1.54) is 0 Å². The fraction of sp³-hybridized carbons (Fsp3) is 0.250. The van der Waals surface area contributed by atoms with Crippen LogP contribution >= 0.6 is 0 Å². The van der Waals surface area contributed by atoms with Gasteiger partial charge in [0, 0.05) is 21.1 Å². The minimum absolute atomic E-state index is 0. The molecular formula is C4H4F3OW-. The maximum absolute atomic E-state index is 11.4. The van der Waals surface area contributed by atoms with E-state index in [9.17, 15) is 13.2 Å². The second kappa shape index (κ2) is 6.14. The molecule has 5 heteroatoms. The zero-order valence-corrected chi connectivity index (χ0v) is 7.30. The summed E-state index contributed by atoms with van der Waals surface area (Å²) in [7, 11) is 0. The Kier molecular flexibility index (Phi) is 8.03. The van der Waals surface area contributed by atoms with Crippen molar-refractivity contribution in [2.45, 2.75) is 0 Å². The maximum Gasteiger partial charge on any atom is 0.342 e. The average Bonchev–Trinajstić information content (AvgIpc) is 1.67. The van der Waals surface area contributed by atoms with Crippen LogP contribution in [0.3, 0.4) is 0 Å². The number of hydrogen-bond donors (Lipinski definition) is 0. The van der Waals surface area contributed by atoms with E-state index in [1.807, 2.05) is 0 Å². The molecule has 9 heavy (non-hydrogen) atoms. The van der Waals surface area contributed by atoms with Crippen LogP contribution in [0.4, 0.5) is 13.2 Å². The van der Waals surface area contributed by atoms with E-state index in [-0.39, 0.29) is 27.7 Å². The van der Waals surface area contributed by atoms with E-state index >= 15 is 0 Å². The van der Waals surface area contributed by atoms with E-state index in [0.717, 1.165) is 0 Å². The van der Waals surface area contributed by atoms with E-state index in [2.05, 4.69) is 11.7 Å². The maximum atomic E-state index is 11.4. The van der Waals surface area contributed by atoms with Crippen LogP contribution in [-0.4, -0.2) is 6.61 Å². The Labute approximate surface area is 65.1 Å². The Balaban J connectivity index is 0. The fourth-order valence-corrected chi connectivity index (χ4v) is 0.144. The summed E-state index contributed by atoms with van der Waals surface area (Å²) in [5.41, 5.74) is 0. The molecule has 1 nitrogen and oxygen atoms in total. The summed E-state index contributed by atoms with van der Waals surface area (Å²) in [6.07, 6.45) is -2.45. The van der Waals surface area contributed by atoms with Crippen LogP contribution < -0.4 is 0 Å². The zero-order valence-electron chi connectivity index (χ0n) is 4.36. The van der Waals surface area contributed by atoms with E-state index < -0.39 is 12.1 Å². The SMILES string of the molecule is [CH2-]COC(F)=C(F)F.[W]. The predicted molar refractivity (Wildman–Crippen MR) is 21.7 cm³/mol. The third kappa shape index (κ3) is 5.90. The van der Waals surface area contributed by atoms with E-state index in [1.54, 1.807) is 0 Å². The third-order valence-corrected chi connectivity index (χ3v) is 0.377. The van der Waals surface area contributed by atoms with Crippen molar-refractivity contribution in [3.8, 4) is 0 Å². The van der Waals surface area contributed by atoms with Gasteiger partial charge in [0.25, 0.3) is 0 Å². The first-order valence-electron chi connectivity index (χ1n) is 1.81. The van der Waals surface area contributed by atoms with Gasteiger partial charge in [0.2, 0.25) is 0 Å². The zero-order chi connectivity index (χ0) is 6.57. The number of halogens is 3. The Morgan fingerprint density at radius 3 is 1.89 bits per heavy atom. The fourth-order valence-electron chi connectivity index (χ4n) is 0.144. The molecule has 0 bridgehead atoms. The summed E-state index contributed by atoms with van der Waals surface area (Å²) in [6, 6.07) is -1.85. The van der Waals surface area contributed by atoms with Crippen LogP contribution in [0.15, 0.2) is 12.1 Å². The number of ether oxygens (including phenoxy) is 1. The molecule has 0 aromatic carbocycles. The van der Waals surface area contributed by atoms with Crippen molar-refractivity contribution < 1.29 is 39.0 Å². The average molecular weight is 309 g/mol. The minimum atomic E-state index is -2.45. The summed E-state index contributed by atoms with van der Waals surface area (Å²) >= 11 is 0. The van der Waals surface area contributed by atoms with Gasteiger partial charge in [0.1, 0.15) is 0 Å². The van der Waals surface area contributed by atoms with Crippen molar-refractivity contribution in [3.63, 3.8) is 0 Å². The van der Waals surface area contributed by atoms with Crippen molar-refractivity contribution in [1.82, 2.24) is 0 Å². The minimum Gasteiger partial charge on any atom is -0.500 e. The molecule has 0 radical (unpaired) electrons. The van der Waals surface area contributed by atoms with Gasteiger partial charge in [-0.3, -0.25) is 0 Å². The molecule has 0 aliphatic heterocycles. The van der Waals surface area contributed by atoms with Crippen LogP contribution in [-0.2, 0) is 25.8 Å². The van der Waals surface area contributed by atoms with Crippen LogP contribution in [0.2, 0.25) is 0 Å². The van der Waals surface area contributed by atoms with Gasteiger partial charge >= 0.3 is 12.1 Å². The normalized spacial score (nSPS) is 7.56. The second-order valence-corrected chi connectivity index (χ2v) is 0.883. The van der Waals surface area contributed by atoms with E-state index in [0.29, 0.717) is 0 Å². The topological polar surface area (TPSA) is 9.23 Å². The molecule has 0 spiro atoms. The second-order valence-electron chi connectivity index (χ2n) is 0.883. The third-order valence-electron chi connectivity index (χ3n) is 0.377. The monoisotopic (exact) mass is 309 g/mol. The Hall–Kier alpha value is 0.0183. The standard InChI is InChI=1S/C4H4F3O.W/c1-2-8-4(7)3(5)6;/h1-2H2;/q-1;. The molecule has 0 saturated heterocycles. The molecule has 54 valence electrons. The Morgan fingerprint density at radius 1 is 1.33 bits per heavy atom. The first kappa shape index (κ1) is 11.8. The van der Waals surface area contributed by atoms with Gasteiger partial charge in [0.05, 0.1) is 0 Å². The predicted octanol–water partition coefficient (Wildman–Crippen LogP) is 1.87. The quantitative estimate of drug-likeness (QED) is 0.559. The summed E-state index contributed by atoms with van der Waals surface area (Å²) in [5, 5.41) is 0. The largest absolute Gasteiger partial charge is 0.500 e. The van der Waals surface area contributed by atoms with Crippen molar-refractivity contribution in [2.75, 3.05) is 6.61 Å². The molecule has 0 fully saturated rings. The number of rotatable bonds is 2. The van der Waals surface area contributed by atoms with Crippen LogP contribution in [0.1, 0.15) is 0 Å². The van der Waals surface area contributed by atoms with Gasteiger partial charge in [0.15, 0.2) is 0 Å². The van der Waals surface area contributed by atoms with Crippen molar-refractivity contribution in [2.24, 2.45) is 0 Å². The van der Waals surface area contributed by atoms with E-state index in [4.69, 9.17) is 0 Å². The molecule has 0 aliphatic carbocycles. The van der Waals surface area contributed by atoms with Crippen LogP contribution in [0, 0.1) is 6.92 Å². The van der Waals surface area contributed by atoms with Gasteiger partial charge < -0.3 is 11.7 Å². The molecule has 0 saturated carbocycles. The summed E-state index contributed by atoms with van der Waals surface area (Å²) in [6.45, 7) is 2.65. The van der Waals surface area contributed by atoms with Gasteiger partial charge in [-0.1, -0.05) is 0 Å². The first-order chi connectivity index (χ1) is 3.68. The van der Waals surface area contributed by atoms with Crippen molar-refractivity contribution in [3.05, 3.63) is 19.0 Å². The van der Waals surface area contributed by atoms with Crippen molar-refractivity contribution in [1.29, 1.82) is 0 Å². The molecule has 0 aliphatic rings. The molecule has 0 N–H and O–H groups in total. The molecular weight excluding hydrogens is 305 g/mol. The van der Waals surface area contributed by atoms with Gasteiger partial charge in [-0.15, -0.1) is 0 Å². The molecule has 0 heterocycles. The summed E-state index contributed by atoms with van der Waals surface area (Å²) < 4.78 is 37.0. The summed E-state index contributed by atoms with van der Waals surface area (Å²) in [5.74, 6) is 0. The molecule has 0 atom stereocenters. The molecule has 0 rings (SSSR count). The molecule has 0 amide bonds. The van der Waals surface area contributed by atoms with Crippen LogP contribution in [0.25, 0.3) is 0 Å². The molecule has 0 aromatic rings. The van der Waals surface area contributed by atoms with Gasteiger partial charge in [-0.2, -0.15) is 13.2 Å². The Morgan fingerprint density at radius 2 is 1.78 bits per heavy atom. The number of hydrogen-bond acceptors (Lipinski definition) is 1. The van der Waals surface area contributed by atoms with Gasteiger partial charge in [-0.05, 0) is 6.61 Å². The molecule has 0 aromatic heterocycles. The first-order valence-corrected chi connectivity index (χ1v) is 1.81. The van der Waals surface area contributed by atoms with Gasteiger partial charge in [-0.25, -0.2) is 0 Å². The molecule has 0 unspecified atom stereocenters. The smallest absolute Gasteiger partial charge is 0.342 e.